The molecule has 0 N–H and O–H groups in total. The van der Waals surface area contributed by atoms with Crippen molar-refractivity contribution in [2.24, 2.45) is 0 Å². The number of carbonyl (C=O) groups is 1. The number of pyridine rings is 1. The molecule has 6 heteroatoms. The Hall–Kier alpha value is -2.58. The number of halogens is 1. The largest absolute Gasteiger partial charge is 1.00 e. The Balaban J connectivity index is 0.00000220. The molecule has 1 aromatic heterocycles. The van der Waals surface area contributed by atoms with Gasteiger partial charge in [0.25, 0.3) is 0 Å². The average molecular weight is 304 g/mol. The first-order valence-electron chi connectivity index (χ1n) is 5.99. The van der Waals surface area contributed by atoms with E-state index in [0.29, 0.717) is 5.56 Å². The summed E-state index contributed by atoms with van der Waals surface area (Å²) in [5.74, 6) is 0.737. The van der Waals surface area contributed by atoms with E-state index in [4.69, 9.17) is 10.00 Å². The van der Waals surface area contributed by atoms with Gasteiger partial charge in [-0.3, -0.25) is 0 Å². The normalized spacial score (nSPS) is 9.19. The van der Waals surface area contributed by atoms with Crippen LogP contribution in [0.5, 0.6) is 5.75 Å². The van der Waals surface area contributed by atoms with Gasteiger partial charge in [0.05, 0.1) is 25.8 Å². The Morgan fingerprint density at radius 3 is 2.24 bits per heavy atom. The Morgan fingerprint density at radius 1 is 1.19 bits per heavy atom. The van der Waals surface area contributed by atoms with Crippen LogP contribution in [0.4, 0.5) is 10.5 Å². The topological polar surface area (TPSA) is 57.2 Å². The van der Waals surface area contributed by atoms with E-state index in [0.717, 1.165) is 11.4 Å². The summed E-state index contributed by atoms with van der Waals surface area (Å²) < 4.78 is 6.50. The van der Waals surface area contributed by atoms with Crippen LogP contribution in [0.15, 0.2) is 48.8 Å². The van der Waals surface area contributed by atoms with Crippen molar-refractivity contribution < 1.29 is 26.5 Å². The van der Waals surface area contributed by atoms with Crippen LogP contribution in [0.3, 0.4) is 0 Å². The first-order chi connectivity index (χ1) is 9.65. The lowest BCUT2D eigenvalue weighted by Gasteiger charge is -2.10. The molecule has 108 valence electrons. The standard InChI is InChI=1S/C15H14N3O2.ClH/c1-17(13-3-5-14(20-2)6-4-13)15(19)18-9-7-12(11-16)8-10-18;/h3-10H,1-2H3;1H/q+1;/p-1. The van der Waals surface area contributed by atoms with Crippen LogP contribution in [-0.4, -0.2) is 20.2 Å². The van der Waals surface area contributed by atoms with Gasteiger partial charge in [0.15, 0.2) is 0 Å². The van der Waals surface area contributed by atoms with E-state index >= 15 is 0 Å². The van der Waals surface area contributed by atoms with Crippen molar-refractivity contribution in [3.05, 3.63) is 54.4 Å². The monoisotopic (exact) mass is 303 g/mol. The van der Waals surface area contributed by atoms with E-state index in [2.05, 4.69) is 0 Å². The van der Waals surface area contributed by atoms with Crippen LogP contribution in [0.1, 0.15) is 5.56 Å². The van der Waals surface area contributed by atoms with E-state index in [9.17, 15) is 4.79 Å². The molecule has 0 fully saturated rings. The summed E-state index contributed by atoms with van der Waals surface area (Å²) >= 11 is 0. The van der Waals surface area contributed by atoms with Gasteiger partial charge in [-0.05, 0) is 36.4 Å². The molecule has 21 heavy (non-hydrogen) atoms. The van der Waals surface area contributed by atoms with Crippen LogP contribution < -0.4 is 26.6 Å². The van der Waals surface area contributed by atoms with Gasteiger partial charge >= 0.3 is 6.03 Å². The van der Waals surface area contributed by atoms with E-state index in [1.807, 2.05) is 6.07 Å². The molecule has 0 spiro atoms. The number of amides is 1. The second kappa shape index (κ2) is 7.27. The third kappa shape index (κ3) is 3.71. The molecular weight excluding hydrogens is 290 g/mol. The van der Waals surface area contributed by atoms with E-state index in [-0.39, 0.29) is 18.4 Å². The lowest BCUT2D eigenvalue weighted by Crippen LogP contribution is -3.00. The third-order valence-electron chi connectivity index (χ3n) is 2.93. The maximum Gasteiger partial charge on any atom is 0.502 e. The molecule has 1 heterocycles. The third-order valence-corrected chi connectivity index (χ3v) is 2.93. The predicted octanol–water partition coefficient (Wildman–Crippen LogP) is -1.04. The minimum absolute atomic E-state index is 0. The highest BCUT2D eigenvalue weighted by molar-refractivity contribution is 5.84. The van der Waals surface area contributed by atoms with Crippen molar-refractivity contribution in [2.45, 2.75) is 0 Å². The molecule has 0 aliphatic carbocycles. The fourth-order valence-electron chi connectivity index (χ4n) is 1.72. The van der Waals surface area contributed by atoms with Crippen molar-refractivity contribution >= 4 is 11.7 Å². The summed E-state index contributed by atoms with van der Waals surface area (Å²) in [6, 6.07) is 12.2. The fourth-order valence-corrected chi connectivity index (χ4v) is 1.72. The lowest BCUT2D eigenvalue weighted by atomic mass is 10.3. The van der Waals surface area contributed by atoms with Crippen molar-refractivity contribution in [1.29, 1.82) is 5.26 Å². The van der Waals surface area contributed by atoms with Gasteiger partial charge in [-0.2, -0.15) is 19.5 Å². The minimum atomic E-state index is -0.209. The van der Waals surface area contributed by atoms with Gasteiger partial charge in [0.1, 0.15) is 23.8 Å². The number of rotatable bonds is 2. The predicted molar refractivity (Wildman–Crippen MR) is 73.5 cm³/mol. The van der Waals surface area contributed by atoms with Gasteiger partial charge in [-0.25, -0.2) is 0 Å². The molecule has 2 aromatic rings. The Labute approximate surface area is 129 Å². The number of carbonyl (C=O) groups excluding carboxylic acids is 1. The zero-order valence-electron chi connectivity index (χ0n) is 11.7. The first kappa shape index (κ1) is 16.5. The van der Waals surface area contributed by atoms with Crippen molar-refractivity contribution in [3.8, 4) is 11.8 Å². The second-order valence-corrected chi connectivity index (χ2v) is 4.15. The van der Waals surface area contributed by atoms with E-state index < -0.39 is 0 Å². The second-order valence-electron chi connectivity index (χ2n) is 4.15. The maximum atomic E-state index is 12.3. The molecule has 1 amide bonds. The summed E-state index contributed by atoms with van der Waals surface area (Å²) in [6.07, 6.45) is 3.14. The minimum Gasteiger partial charge on any atom is -1.00 e. The molecule has 2 rings (SSSR count). The maximum absolute atomic E-state index is 12.3. The Morgan fingerprint density at radius 2 is 1.76 bits per heavy atom. The van der Waals surface area contributed by atoms with Gasteiger partial charge in [0, 0.05) is 0 Å². The molecule has 0 atom stereocenters. The number of nitriles is 1. The molecular formula is C15H14ClN3O2. The molecule has 1 aromatic carbocycles. The van der Waals surface area contributed by atoms with Crippen LogP contribution in [0.25, 0.3) is 0 Å². The van der Waals surface area contributed by atoms with Crippen LogP contribution in [-0.2, 0) is 0 Å². The van der Waals surface area contributed by atoms with E-state index in [1.54, 1.807) is 62.9 Å². The van der Waals surface area contributed by atoms with Gasteiger partial charge in [-0.15, -0.1) is 0 Å². The number of methoxy groups -OCH3 is 1. The number of anilines is 1. The number of hydrogen-bond donors (Lipinski definition) is 0. The average Bonchev–Trinajstić information content (AvgIpc) is 2.53. The number of hydrogen-bond acceptors (Lipinski definition) is 3. The van der Waals surface area contributed by atoms with Crippen LogP contribution in [0, 0.1) is 11.3 Å². The number of nitrogens with zero attached hydrogens (tertiary/aromatic N) is 3. The zero-order chi connectivity index (χ0) is 14.5. The van der Waals surface area contributed by atoms with Crippen molar-refractivity contribution in [3.63, 3.8) is 0 Å². The Kier molecular flexibility index (Phi) is 5.70. The highest BCUT2D eigenvalue weighted by Gasteiger charge is 2.22. The quantitative estimate of drug-likeness (QED) is 0.666. The van der Waals surface area contributed by atoms with E-state index in [1.165, 1.54) is 9.47 Å². The summed E-state index contributed by atoms with van der Waals surface area (Å²) in [4.78, 5) is 13.8. The number of benzene rings is 1. The molecule has 0 aliphatic rings. The van der Waals surface area contributed by atoms with Crippen molar-refractivity contribution in [1.82, 2.24) is 0 Å². The summed E-state index contributed by atoms with van der Waals surface area (Å²) in [7, 11) is 3.28. The fraction of sp³-hybridized carbons (Fsp3) is 0.133. The highest BCUT2D eigenvalue weighted by atomic mass is 35.5. The van der Waals surface area contributed by atoms with Gasteiger partial charge in [0.2, 0.25) is 0 Å². The number of aromatic nitrogens is 1. The molecule has 0 radical (unpaired) electrons. The van der Waals surface area contributed by atoms with Gasteiger partial charge < -0.3 is 17.1 Å². The molecule has 0 saturated carbocycles. The van der Waals surface area contributed by atoms with Gasteiger partial charge in [-0.1, -0.05) is 0 Å². The van der Waals surface area contributed by atoms with Crippen LogP contribution in [0.2, 0.25) is 0 Å². The number of ether oxygens (including phenoxy) is 1. The van der Waals surface area contributed by atoms with Crippen LogP contribution >= 0.6 is 0 Å². The van der Waals surface area contributed by atoms with Crippen molar-refractivity contribution in [2.75, 3.05) is 19.1 Å². The molecule has 0 bridgehead atoms. The molecule has 0 unspecified atom stereocenters. The highest BCUT2D eigenvalue weighted by Crippen LogP contribution is 2.17. The Bertz CT molecular complexity index is 648. The summed E-state index contributed by atoms with van der Waals surface area (Å²) in [5, 5.41) is 8.74. The lowest BCUT2D eigenvalue weighted by molar-refractivity contribution is -0.569. The zero-order valence-corrected chi connectivity index (χ0v) is 12.4. The smallest absolute Gasteiger partial charge is 0.502 e. The summed E-state index contributed by atoms with van der Waals surface area (Å²) in [6.45, 7) is 0. The molecule has 0 saturated heterocycles. The molecule has 0 aliphatic heterocycles. The summed E-state index contributed by atoms with van der Waals surface area (Å²) in [5.41, 5.74) is 1.27. The first-order valence-corrected chi connectivity index (χ1v) is 5.99. The SMILES string of the molecule is COc1ccc(N(C)C(=O)[n+]2ccc(C#N)cc2)cc1.[Cl-]. The molecule has 5 nitrogen and oxygen atoms in total.